The number of amides is 2. The number of carbonyl (C=O) groups is 2. The average molecular weight is 430 g/mol. The van der Waals surface area contributed by atoms with Crippen molar-refractivity contribution in [1.29, 1.82) is 0 Å². The second kappa shape index (κ2) is 10.2. The molecule has 0 radical (unpaired) electrons. The number of aromatic nitrogens is 1. The molecule has 32 heavy (non-hydrogen) atoms. The highest BCUT2D eigenvalue weighted by atomic mass is 16.2. The van der Waals surface area contributed by atoms with Gasteiger partial charge in [0.1, 0.15) is 0 Å². The van der Waals surface area contributed by atoms with E-state index in [1.54, 1.807) is 36.7 Å². The van der Waals surface area contributed by atoms with E-state index in [0.29, 0.717) is 24.3 Å². The largest absolute Gasteiger partial charge is 0.330 e. The Bertz CT molecular complexity index is 1050. The molecule has 1 heterocycles. The number of rotatable bonds is 7. The van der Waals surface area contributed by atoms with Gasteiger partial charge in [-0.05, 0) is 47.4 Å². The molecule has 0 unspecified atom stereocenters. The molecule has 0 aliphatic heterocycles. The van der Waals surface area contributed by atoms with Crippen LogP contribution in [0.2, 0.25) is 0 Å². The maximum absolute atomic E-state index is 13.5. The lowest BCUT2D eigenvalue weighted by molar-refractivity contribution is -0.123. The van der Waals surface area contributed by atoms with Crippen LogP contribution in [0.3, 0.4) is 0 Å². The van der Waals surface area contributed by atoms with Gasteiger partial charge in [0, 0.05) is 42.1 Å². The molecule has 1 N–H and O–H groups in total. The van der Waals surface area contributed by atoms with Crippen LogP contribution in [0.25, 0.3) is 0 Å². The van der Waals surface area contributed by atoms with Crippen molar-refractivity contribution in [2.24, 2.45) is 5.41 Å². The molecule has 3 aromatic rings. The molecular formula is C27H31N3O2. The summed E-state index contributed by atoms with van der Waals surface area (Å²) in [5.74, 6) is -0.189. The highest BCUT2D eigenvalue weighted by Gasteiger charge is 2.22. The van der Waals surface area contributed by atoms with Crippen LogP contribution >= 0.6 is 0 Å². The van der Waals surface area contributed by atoms with E-state index in [4.69, 9.17) is 0 Å². The highest BCUT2D eigenvalue weighted by Crippen LogP contribution is 2.20. The Balaban J connectivity index is 1.85. The number of carbonyl (C=O) groups excluding carboxylic acids is 2. The molecular weight excluding hydrogens is 398 g/mol. The van der Waals surface area contributed by atoms with Gasteiger partial charge in [-0.1, -0.05) is 64.1 Å². The van der Waals surface area contributed by atoms with Crippen molar-refractivity contribution in [3.63, 3.8) is 0 Å². The molecule has 2 amide bonds. The highest BCUT2D eigenvalue weighted by molar-refractivity contribution is 5.98. The normalized spacial score (nSPS) is 11.1. The number of hydrogen-bond acceptors (Lipinski definition) is 3. The standard InChI is InChI=1S/C27H31N3O2/c1-5-20-11-13-21(14-12-20)18-30(19-22-8-7-15-28-17-22)25(31)23-9-6-10-24(16-23)29-26(32)27(2,3)4/h6-17H,5,18-19H2,1-4H3,(H,29,32). The summed E-state index contributed by atoms with van der Waals surface area (Å²) >= 11 is 0. The molecule has 5 nitrogen and oxygen atoms in total. The van der Waals surface area contributed by atoms with Gasteiger partial charge in [-0.3, -0.25) is 14.6 Å². The summed E-state index contributed by atoms with van der Waals surface area (Å²) in [5.41, 5.74) is 3.92. The second-order valence-corrected chi connectivity index (χ2v) is 8.98. The van der Waals surface area contributed by atoms with E-state index in [1.165, 1.54) is 5.56 Å². The van der Waals surface area contributed by atoms with Crippen molar-refractivity contribution >= 4 is 17.5 Å². The van der Waals surface area contributed by atoms with Gasteiger partial charge in [-0.2, -0.15) is 0 Å². The van der Waals surface area contributed by atoms with Crippen molar-refractivity contribution < 1.29 is 9.59 Å². The van der Waals surface area contributed by atoms with Crippen LogP contribution in [0.4, 0.5) is 5.69 Å². The predicted octanol–water partition coefficient (Wildman–Crippen LogP) is 5.47. The van der Waals surface area contributed by atoms with Crippen LogP contribution in [0, 0.1) is 5.41 Å². The summed E-state index contributed by atoms with van der Waals surface area (Å²) in [5, 5.41) is 2.91. The Morgan fingerprint density at radius 3 is 2.22 bits per heavy atom. The zero-order chi connectivity index (χ0) is 23.1. The van der Waals surface area contributed by atoms with E-state index in [0.717, 1.165) is 17.5 Å². The van der Waals surface area contributed by atoms with E-state index in [9.17, 15) is 9.59 Å². The third-order valence-electron chi connectivity index (χ3n) is 5.24. The number of nitrogens with zero attached hydrogens (tertiary/aromatic N) is 2. The maximum atomic E-state index is 13.5. The van der Waals surface area contributed by atoms with Crippen LogP contribution in [-0.2, 0) is 24.3 Å². The Hall–Kier alpha value is -3.47. The lowest BCUT2D eigenvalue weighted by Gasteiger charge is -2.24. The van der Waals surface area contributed by atoms with Gasteiger partial charge < -0.3 is 10.2 Å². The van der Waals surface area contributed by atoms with Gasteiger partial charge in [0.2, 0.25) is 5.91 Å². The van der Waals surface area contributed by atoms with Crippen LogP contribution < -0.4 is 5.32 Å². The molecule has 166 valence electrons. The second-order valence-electron chi connectivity index (χ2n) is 8.98. The fourth-order valence-corrected chi connectivity index (χ4v) is 3.24. The summed E-state index contributed by atoms with van der Waals surface area (Å²) in [6.07, 6.45) is 4.48. The van der Waals surface area contributed by atoms with Gasteiger partial charge in [0.25, 0.3) is 5.91 Å². The number of pyridine rings is 1. The molecule has 0 fully saturated rings. The number of hydrogen-bond donors (Lipinski definition) is 1. The first-order chi connectivity index (χ1) is 15.3. The number of anilines is 1. The van der Waals surface area contributed by atoms with Gasteiger partial charge in [-0.25, -0.2) is 0 Å². The molecule has 0 aliphatic rings. The molecule has 0 saturated heterocycles. The first-order valence-corrected chi connectivity index (χ1v) is 10.9. The molecule has 0 bridgehead atoms. The lowest BCUT2D eigenvalue weighted by atomic mass is 9.95. The zero-order valence-electron chi connectivity index (χ0n) is 19.3. The zero-order valence-corrected chi connectivity index (χ0v) is 19.3. The molecule has 0 saturated carbocycles. The maximum Gasteiger partial charge on any atom is 0.254 e. The summed E-state index contributed by atoms with van der Waals surface area (Å²) in [7, 11) is 0. The van der Waals surface area contributed by atoms with Gasteiger partial charge >= 0.3 is 0 Å². The molecule has 3 rings (SSSR count). The van der Waals surface area contributed by atoms with E-state index in [1.807, 2.05) is 37.8 Å². The Labute approximate surface area is 190 Å². The minimum absolute atomic E-state index is 0.0923. The van der Waals surface area contributed by atoms with Crippen molar-refractivity contribution in [1.82, 2.24) is 9.88 Å². The van der Waals surface area contributed by atoms with Crippen LogP contribution in [-0.4, -0.2) is 21.7 Å². The Morgan fingerprint density at radius 1 is 0.906 bits per heavy atom. The minimum Gasteiger partial charge on any atom is -0.330 e. The quantitative estimate of drug-likeness (QED) is 0.542. The molecule has 5 heteroatoms. The van der Waals surface area contributed by atoms with Crippen molar-refractivity contribution in [3.8, 4) is 0 Å². The topological polar surface area (TPSA) is 62.3 Å². The summed E-state index contributed by atoms with van der Waals surface area (Å²) in [4.78, 5) is 31.9. The molecule has 0 spiro atoms. The summed E-state index contributed by atoms with van der Waals surface area (Å²) < 4.78 is 0. The van der Waals surface area contributed by atoms with Crippen molar-refractivity contribution in [3.05, 3.63) is 95.3 Å². The fraction of sp³-hybridized carbons (Fsp3) is 0.296. The van der Waals surface area contributed by atoms with Gasteiger partial charge in [-0.15, -0.1) is 0 Å². The van der Waals surface area contributed by atoms with E-state index < -0.39 is 5.41 Å². The predicted molar refractivity (Wildman–Crippen MR) is 128 cm³/mol. The molecule has 0 aliphatic carbocycles. The minimum atomic E-state index is -0.517. The smallest absolute Gasteiger partial charge is 0.254 e. The van der Waals surface area contributed by atoms with Crippen LogP contribution in [0.15, 0.2) is 73.1 Å². The molecule has 2 aromatic carbocycles. The third-order valence-corrected chi connectivity index (χ3v) is 5.24. The van der Waals surface area contributed by atoms with Gasteiger partial charge in [0.15, 0.2) is 0 Å². The SMILES string of the molecule is CCc1ccc(CN(Cc2cccnc2)C(=O)c2cccc(NC(=O)C(C)(C)C)c2)cc1. The monoisotopic (exact) mass is 429 g/mol. The Kier molecular flexibility index (Phi) is 7.41. The molecule has 1 aromatic heterocycles. The van der Waals surface area contributed by atoms with E-state index >= 15 is 0 Å². The average Bonchev–Trinajstić information content (AvgIpc) is 2.79. The Morgan fingerprint density at radius 2 is 1.59 bits per heavy atom. The van der Waals surface area contributed by atoms with Crippen LogP contribution in [0.1, 0.15) is 54.7 Å². The third kappa shape index (κ3) is 6.27. The summed E-state index contributed by atoms with van der Waals surface area (Å²) in [6, 6.07) is 19.3. The number of aryl methyl sites for hydroxylation is 1. The lowest BCUT2D eigenvalue weighted by Crippen LogP contribution is -2.30. The first-order valence-electron chi connectivity index (χ1n) is 10.9. The van der Waals surface area contributed by atoms with Crippen LogP contribution in [0.5, 0.6) is 0 Å². The molecule has 0 atom stereocenters. The fourth-order valence-electron chi connectivity index (χ4n) is 3.24. The number of nitrogens with one attached hydrogen (secondary N) is 1. The van der Waals surface area contributed by atoms with Crippen molar-refractivity contribution in [2.75, 3.05) is 5.32 Å². The van der Waals surface area contributed by atoms with E-state index in [2.05, 4.69) is 41.5 Å². The summed E-state index contributed by atoms with van der Waals surface area (Å²) in [6.45, 7) is 8.63. The number of benzene rings is 2. The van der Waals surface area contributed by atoms with E-state index in [-0.39, 0.29) is 11.8 Å². The first kappa shape index (κ1) is 23.2. The van der Waals surface area contributed by atoms with Crippen molar-refractivity contribution in [2.45, 2.75) is 47.2 Å². The van der Waals surface area contributed by atoms with Gasteiger partial charge in [0.05, 0.1) is 0 Å².